The third-order valence-corrected chi connectivity index (χ3v) is 4.84. The zero-order valence-electron chi connectivity index (χ0n) is 15.1. The van der Waals surface area contributed by atoms with Gasteiger partial charge in [-0.2, -0.15) is 0 Å². The minimum absolute atomic E-state index is 0.804. The highest BCUT2D eigenvalue weighted by Crippen LogP contribution is 2.29. The molecule has 0 saturated carbocycles. The van der Waals surface area contributed by atoms with Gasteiger partial charge in [0.25, 0.3) is 0 Å². The Bertz CT molecular complexity index is 578. The van der Waals surface area contributed by atoms with Gasteiger partial charge in [-0.05, 0) is 81.9 Å². The molecule has 0 N–H and O–H groups in total. The lowest BCUT2D eigenvalue weighted by molar-refractivity contribution is 0.309. The topological polar surface area (TPSA) is 12.5 Å². The summed E-state index contributed by atoms with van der Waals surface area (Å²) in [6, 6.07) is 17.3. The van der Waals surface area contributed by atoms with Crippen molar-refractivity contribution in [2.45, 2.75) is 42.4 Å². The van der Waals surface area contributed by atoms with E-state index in [0.29, 0.717) is 0 Å². The number of nitrogens with zero attached hydrogens (tertiary/aromatic N) is 1. The molecule has 3 heteroatoms. The first-order valence-electron chi connectivity index (χ1n) is 8.82. The molecule has 0 aliphatic heterocycles. The van der Waals surface area contributed by atoms with E-state index in [1.807, 2.05) is 0 Å². The largest absolute Gasteiger partial charge is 0.494 e. The summed E-state index contributed by atoms with van der Waals surface area (Å²) in [4.78, 5) is 4.77. The second-order valence-electron chi connectivity index (χ2n) is 6.33. The molecule has 0 amide bonds. The number of aryl methyl sites for hydroxylation is 1. The predicted octanol–water partition coefficient (Wildman–Crippen LogP) is 5.51. The quantitative estimate of drug-likeness (QED) is 0.528. The van der Waals surface area contributed by atoms with E-state index in [-0.39, 0.29) is 0 Å². The summed E-state index contributed by atoms with van der Waals surface area (Å²) in [6.45, 7) is 4.12. The van der Waals surface area contributed by atoms with Crippen molar-refractivity contribution in [2.75, 3.05) is 27.2 Å². The highest BCUT2D eigenvalue weighted by atomic mass is 32.2. The van der Waals surface area contributed by atoms with Gasteiger partial charge in [0.1, 0.15) is 5.75 Å². The Morgan fingerprint density at radius 1 is 0.875 bits per heavy atom. The summed E-state index contributed by atoms with van der Waals surface area (Å²) in [7, 11) is 4.25. The molecular weight excluding hydrogens is 314 g/mol. The Kier molecular flexibility index (Phi) is 8.20. The number of ether oxygens (including phenoxy) is 1. The van der Waals surface area contributed by atoms with Crippen LogP contribution in [0.25, 0.3) is 0 Å². The van der Waals surface area contributed by atoms with Crippen LogP contribution >= 0.6 is 11.8 Å². The number of hydrogen-bond donors (Lipinski definition) is 0. The molecule has 2 aromatic rings. The Morgan fingerprint density at radius 2 is 1.50 bits per heavy atom. The fraction of sp³-hybridized carbons (Fsp3) is 0.429. The van der Waals surface area contributed by atoms with Gasteiger partial charge in [0, 0.05) is 9.79 Å². The molecule has 0 aromatic heterocycles. The normalized spacial score (nSPS) is 11.0. The lowest BCUT2D eigenvalue weighted by Gasteiger charge is -2.09. The van der Waals surface area contributed by atoms with Crippen LogP contribution in [0.1, 0.15) is 31.7 Å². The average Bonchev–Trinajstić information content (AvgIpc) is 2.58. The lowest BCUT2D eigenvalue weighted by Crippen LogP contribution is -2.13. The molecule has 0 bridgehead atoms. The molecule has 0 radical (unpaired) electrons. The van der Waals surface area contributed by atoms with E-state index in [0.717, 1.165) is 31.7 Å². The first kappa shape index (κ1) is 18.9. The van der Waals surface area contributed by atoms with Crippen LogP contribution in [0.3, 0.4) is 0 Å². The van der Waals surface area contributed by atoms with E-state index in [9.17, 15) is 0 Å². The van der Waals surface area contributed by atoms with Crippen LogP contribution in [0.5, 0.6) is 5.75 Å². The Hall–Kier alpha value is -1.45. The number of rotatable bonds is 10. The van der Waals surface area contributed by atoms with Crippen molar-refractivity contribution >= 4 is 11.8 Å². The summed E-state index contributed by atoms with van der Waals surface area (Å²) < 4.78 is 5.71. The SMILES string of the molecule is CCCCOc1ccc(Sc2ccc(CCCN(C)C)cc2)cc1. The monoisotopic (exact) mass is 343 g/mol. The summed E-state index contributed by atoms with van der Waals surface area (Å²) in [5.74, 6) is 0.962. The molecule has 0 unspecified atom stereocenters. The number of unbranched alkanes of at least 4 members (excludes halogenated alkanes) is 1. The molecule has 0 heterocycles. The zero-order chi connectivity index (χ0) is 17.2. The Labute approximate surface area is 151 Å². The number of benzene rings is 2. The second-order valence-corrected chi connectivity index (χ2v) is 7.47. The van der Waals surface area contributed by atoms with Crippen molar-refractivity contribution in [1.29, 1.82) is 0 Å². The third-order valence-electron chi connectivity index (χ3n) is 3.82. The minimum atomic E-state index is 0.804. The summed E-state index contributed by atoms with van der Waals surface area (Å²) in [6.07, 6.45) is 4.63. The second kappa shape index (κ2) is 10.4. The molecule has 24 heavy (non-hydrogen) atoms. The first-order valence-corrected chi connectivity index (χ1v) is 9.63. The van der Waals surface area contributed by atoms with Crippen LogP contribution in [0, 0.1) is 0 Å². The molecule has 2 rings (SSSR count). The van der Waals surface area contributed by atoms with Crippen LogP contribution in [0.15, 0.2) is 58.3 Å². The van der Waals surface area contributed by atoms with E-state index in [1.54, 1.807) is 11.8 Å². The smallest absolute Gasteiger partial charge is 0.119 e. The molecule has 0 aliphatic rings. The van der Waals surface area contributed by atoms with Crippen molar-refractivity contribution in [3.63, 3.8) is 0 Å². The molecule has 0 atom stereocenters. The molecule has 0 saturated heterocycles. The van der Waals surface area contributed by atoms with Gasteiger partial charge >= 0.3 is 0 Å². The fourth-order valence-electron chi connectivity index (χ4n) is 2.40. The summed E-state index contributed by atoms with van der Waals surface area (Å²) in [5, 5.41) is 0. The first-order chi connectivity index (χ1) is 11.7. The van der Waals surface area contributed by atoms with Gasteiger partial charge in [-0.25, -0.2) is 0 Å². The maximum absolute atomic E-state index is 5.71. The molecule has 2 aromatic carbocycles. The van der Waals surface area contributed by atoms with E-state index in [1.165, 1.54) is 28.2 Å². The zero-order valence-corrected chi connectivity index (χ0v) is 15.9. The van der Waals surface area contributed by atoms with Gasteiger partial charge in [-0.1, -0.05) is 37.2 Å². The van der Waals surface area contributed by atoms with Gasteiger partial charge < -0.3 is 9.64 Å². The van der Waals surface area contributed by atoms with Gasteiger partial charge in [-0.15, -0.1) is 0 Å². The van der Waals surface area contributed by atoms with Crippen LogP contribution < -0.4 is 4.74 Å². The standard InChI is InChI=1S/C21H29NOS/c1-4-5-17-23-19-10-14-21(15-11-19)24-20-12-8-18(9-13-20)7-6-16-22(2)3/h8-15H,4-7,16-17H2,1-3H3. The van der Waals surface area contributed by atoms with Gasteiger partial charge in [-0.3, -0.25) is 0 Å². The van der Waals surface area contributed by atoms with Crippen molar-refractivity contribution in [1.82, 2.24) is 4.90 Å². The fourth-order valence-corrected chi connectivity index (χ4v) is 3.21. The van der Waals surface area contributed by atoms with E-state index >= 15 is 0 Å². The molecule has 0 spiro atoms. The number of hydrogen-bond acceptors (Lipinski definition) is 3. The van der Waals surface area contributed by atoms with E-state index < -0.39 is 0 Å². The highest BCUT2D eigenvalue weighted by Gasteiger charge is 2.00. The van der Waals surface area contributed by atoms with Crippen molar-refractivity contribution < 1.29 is 4.74 Å². The third kappa shape index (κ3) is 6.98. The maximum atomic E-state index is 5.71. The van der Waals surface area contributed by atoms with Crippen molar-refractivity contribution in [3.8, 4) is 5.75 Å². The average molecular weight is 344 g/mol. The van der Waals surface area contributed by atoms with Crippen LogP contribution in [-0.4, -0.2) is 32.1 Å². The van der Waals surface area contributed by atoms with Crippen LogP contribution in [0.4, 0.5) is 0 Å². The summed E-state index contributed by atoms with van der Waals surface area (Å²) in [5.41, 5.74) is 1.42. The molecule has 0 aliphatic carbocycles. The summed E-state index contributed by atoms with van der Waals surface area (Å²) >= 11 is 1.80. The van der Waals surface area contributed by atoms with Crippen LogP contribution in [-0.2, 0) is 6.42 Å². The molecule has 0 fully saturated rings. The molecular formula is C21H29NOS. The van der Waals surface area contributed by atoms with Crippen LogP contribution in [0.2, 0.25) is 0 Å². The maximum Gasteiger partial charge on any atom is 0.119 e. The van der Waals surface area contributed by atoms with Crippen molar-refractivity contribution in [3.05, 3.63) is 54.1 Å². The predicted molar refractivity (Wildman–Crippen MR) is 104 cm³/mol. The van der Waals surface area contributed by atoms with Gasteiger partial charge in [0.15, 0.2) is 0 Å². The van der Waals surface area contributed by atoms with E-state index in [4.69, 9.17) is 4.74 Å². The molecule has 130 valence electrons. The molecule has 2 nitrogen and oxygen atoms in total. The van der Waals surface area contributed by atoms with Gasteiger partial charge in [0.05, 0.1) is 6.61 Å². The minimum Gasteiger partial charge on any atom is -0.494 e. The van der Waals surface area contributed by atoms with E-state index in [2.05, 4.69) is 74.4 Å². The Morgan fingerprint density at radius 3 is 2.08 bits per heavy atom. The Balaban J connectivity index is 1.82. The lowest BCUT2D eigenvalue weighted by atomic mass is 10.1. The van der Waals surface area contributed by atoms with Crippen molar-refractivity contribution in [2.24, 2.45) is 0 Å². The van der Waals surface area contributed by atoms with Gasteiger partial charge in [0.2, 0.25) is 0 Å². The highest BCUT2D eigenvalue weighted by molar-refractivity contribution is 7.99.